The molecule has 2 atom stereocenters. The SMILES string of the molecule is COc1cccc(CN(Cc2ccc(C(=O)O)cc2)C(=O)C2Cc3ccccc3CN2C(=O)C(NC(=O)CN(C)C(=O)OC(C)(C)C)C(C)(C)C)c1. The molecule has 0 saturated carbocycles. The summed E-state index contributed by atoms with van der Waals surface area (Å²) < 4.78 is 10.8. The summed E-state index contributed by atoms with van der Waals surface area (Å²) in [4.78, 5) is 71.3. The molecule has 0 aliphatic carbocycles. The molecule has 278 valence electrons. The number of carbonyl (C=O) groups excluding carboxylic acids is 4. The van der Waals surface area contributed by atoms with Gasteiger partial charge in [0.2, 0.25) is 17.7 Å². The van der Waals surface area contributed by atoms with Crippen molar-refractivity contribution in [3.8, 4) is 5.75 Å². The Morgan fingerprint density at radius 2 is 1.52 bits per heavy atom. The molecule has 1 aliphatic heterocycles. The second-order valence-corrected chi connectivity index (χ2v) is 15.2. The summed E-state index contributed by atoms with van der Waals surface area (Å²) in [5, 5.41) is 12.3. The third-order valence-electron chi connectivity index (χ3n) is 8.71. The van der Waals surface area contributed by atoms with E-state index >= 15 is 0 Å². The lowest BCUT2D eigenvalue weighted by Crippen LogP contribution is -2.61. The quantitative estimate of drug-likeness (QED) is 0.273. The van der Waals surface area contributed by atoms with E-state index in [1.54, 1.807) is 49.8 Å². The molecule has 0 radical (unpaired) electrons. The molecule has 12 nitrogen and oxygen atoms in total. The predicted molar refractivity (Wildman–Crippen MR) is 195 cm³/mol. The smallest absolute Gasteiger partial charge is 0.410 e. The maximum atomic E-state index is 14.9. The van der Waals surface area contributed by atoms with Gasteiger partial charge in [-0.15, -0.1) is 0 Å². The van der Waals surface area contributed by atoms with Crippen molar-refractivity contribution in [3.63, 3.8) is 0 Å². The molecule has 2 unspecified atom stereocenters. The molecule has 3 aromatic rings. The Labute approximate surface area is 305 Å². The van der Waals surface area contributed by atoms with Crippen molar-refractivity contribution in [1.29, 1.82) is 0 Å². The van der Waals surface area contributed by atoms with Gasteiger partial charge in [-0.05, 0) is 72.7 Å². The first kappa shape index (κ1) is 39.4. The first-order valence-electron chi connectivity index (χ1n) is 17.2. The predicted octanol–water partition coefficient (Wildman–Crippen LogP) is 5.27. The Morgan fingerprint density at radius 1 is 0.885 bits per heavy atom. The summed E-state index contributed by atoms with van der Waals surface area (Å²) in [6, 6.07) is 19.4. The zero-order valence-electron chi connectivity index (χ0n) is 31.3. The number of hydrogen-bond donors (Lipinski definition) is 2. The Balaban J connectivity index is 1.68. The second kappa shape index (κ2) is 16.3. The Kier molecular flexibility index (Phi) is 12.4. The summed E-state index contributed by atoms with van der Waals surface area (Å²) in [6.07, 6.45) is -0.423. The van der Waals surface area contributed by atoms with Crippen molar-refractivity contribution in [3.05, 3.63) is 101 Å². The summed E-state index contributed by atoms with van der Waals surface area (Å²) >= 11 is 0. The lowest BCUT2D eigenvalue weighted by Gasteiger charge is -2.42. The Bertz CT molecular complexity index is 1780. The fraction of sp³-hybridized carbons (Fsp3) is 0.425. The molecule has 2 N–H and O–H groups in total. The monoisotopic (exact) mass is 714 g/mol. The van der Waals surface area contributed by atoms with E-state index in [0.29, 0.717) is 11.3 Å². The van der Waals surface area contributed by atoms with Gasteiger partial charge >= 0.3 is 12.1 Å². The van der Waals surface area contributed by atoms with Gasteiger partial charge in [0.1, 0.15) is 30.0 Å². The normalized spacial score (nSPS) is 14.8. The van der Waals surface area contributed by atoms with Crippen LogP contribution in [0.25, 0.3) is 0 Å². The molecular weight excluding hydrogens is 664 g/mol. The van der Waals surface area contributed by atoms with Gasteiger partial charge in [-0.3, -0.25) is 14.4 Å². The fourth-order valence-corrected chi connectivity index (χ4v) is 6.00. The molecule has 52 heavy (non-hydrogen) atoms. The van der Waals surface area contributed by atoms with Crippen molar-refractivity contribution in [2.24, 2.45) is 5.41 Å². The van der Waals surface area contributed by atoms with Gasteiger partial charge in [0.25, 0.3) is 0 Å². The van der Waals surface area contributed by atoms with Crippen LogP contribution in [-0.4, -0.2) is 88.0 Å². The number of methoxy groups -OCH3 is 1. The number of aromatic carboxylic acids is 1. The van der Waals surface area contributed by atoms with Crippen LogP contribution in [0.15, 0.2) is 72.8 Å². The molecule has 0 bridgehead atoms. The van der Waals surface area contributed by atoms with Gasteiger partial charge in [-0.1, -0.05) is 69.3 Å². The fourth-order valence-electron chi connectivity index (χ4n) is 6.00. The standard InChI is InChI=1S/C40H50N4O8/c1-39(2,3)34(41-33(45)25-42(7)38(50)52-40(4,5)6)36(47)44-24-30-14-10-9-13-29(30)21-32(44)35(46)43(23-27-12-11-15-31(20-27)51-8)22-26-16-18-28(19-17-26)37(48)49/h9-20,32,34H,21-25H2,1-8H3,(H,41,45)(H,48,49). The zero-order valence-corrected chi connectivity index (χ0v) is 31.3. The van der Waals surface area contributed by atoms with Gasteiger partial charge in [-0.25, -0.2) is 9.59 Å². The molecule has 0 spiro atoms. The Hall–Kier alpha value is -5.39. The number of hydrogen-bond acceptors (Lipinski definition) is 7. The topological polar surface area (TPSA) is 146 Å². The highest BCUT2D eigenvalue weighted by atomic mass is 16.6. The number of fused-ring (bicyclic) bond motifs is 1. The molecular formula is C40H50N4O8. The van der Waals surface area contributed by atoms with Gasteiger partial charge in [0, 0.05) is 33.1 Å². The van der Waals surface area contributed by atoms with E-state index in [-0.39, 0.29) is 44.1 Å². The third-order valence-corrected chi connectivity index (χ3v) is 8.71. The van der Waals surface area contributed by atoms with Gasteiger partial charge in [-0.2, -0.15) is 0 Å². The molecule has 0 aromatic heterocycles. The van der Waals surface area contributed by atoms with Crippen LogP contribution in [0.5, 0.6) is 5.75 Å². The zero-order chi connectivity index (χ0) is 38.4. The highest BCUT2D eigenvalue weighted by Gasteiger charge is 2.43. The maximum Gasteiger partial charge on any atom is 0.410 e. The minimum atomic E-state index is -1.05. The molecule has 3 aromatic carbocycles. The van der Waals surface area contributed by atoms with Gasteiger partial charge < -0.3 is 34.6 Å². The van der Waals surface area contributed by atoms with Crippen molar-refractivity contribution >= 4 is 29.8 Å². The minimum Gasteiger partial charge on any atom is -0.497 e. The van der Waals surface area contributed by atoms with E-state index in [9.17, 15) is 29.1 Å². The van der Waals surface area contributed by atoms with Gasteiger partial charge in [0.05, 0.1) is 12.7 Å². The molecule has 1 aliphatic rings. The van der Waals surface area contributed by atoms with E-state index in [1.165, 1.54) is 19.2 Å². The molecule has 4 rings (SSSR count). The first-order chi connectivity index (χ1) is 24.4. The summed E-state index contributed by atoms with van der Waals surface area (Å²) in [5.74, 6) is -1.72. The van der Waals surface area contributed by atoms with Crippen LogP contribution in [0.3, 0.4) is 0 Å². The molecule has 4 amide bonds. The third kappa shape index (κ3) is 10.3. The molecule has 0 fully saturated rings. The van der Waals surface area contributed by atoms with E-state index in [1.807, 2.05) is 69.3 Å². The van der Waals surface area contributed by atoms with Crippen LogP contribution >= 0.6 is 0 Å². The van der Waals surface area contributed by atoms with E-state index in [0.717, 1.165) is 21.6 Å². The number of nitrogens with zero attached hydrogens (tertiary/aromatic N) is 3. The summed E-state index contributed by atoms with van der Waals surface area (Å²) in [7, 11) is 3.01. The number of amides is 4. The largest absolute Gasteiger partial charge is 0.497 e. The molecule has 0 saturated heterocycles. The van der Waals surface area contributed by atoms with Crippen LogP contribution in [0.4, 0.5) is 4.79 Å². The number of carboxylic acids is 1. The average Bonchev–Trinajstić information content (AvgIpc) is 3.08. The number of nitrogens with one attached hydrogen (secondary N) is 1. The van der Waals surface area contributed by atoms with Crippen LogP contribution < -0.4 is 10.1 Å². The summed E-state index contributed by atoms with van der Waals surface area (Å²) in [5.41, 5.74) is 1.96. The lowest BCUT2D eigenvalue weighted by molar-refractivity contribution is -0.151. The number of rotatable bonds is 11. The highest BCUT2D eigenvalue weighted by Crippen LogP contribution is 2.30. The first-order valence-corrected chi connectivity index (χ1v) is 17.2. The van der Waals surface area contributed by atoms with Crippen LogP contribution in [-0.2, 0) is 45.2 Å². The lowest BCUT2D eigenvalue weighted by atomic mass is 9.84. The number of carboxylic acid groups (broad SMARTS) is 1. The maximum absolute atomic E-state index is 14.9. The van der Waals surface area contributed by atoms with E-state index in [2.05, 4.69) is 5.32 Å². The molecule has 12 heteroatoms. The minimum absolute atomic E-state index is 0.127. The van der Waals surface area contributed by atoms with Crippen molar-refractivity contribution < 1.29 is 38.6 Å². The Morgan fingerprint density at radius 3 is 2.12 bits per heavy atom. The van der Waals surface area contributed by atoms with E-state index < -0.39 is 47.0 Å². The number of ether oxygens (including phenoxy) is 2. The van der Waals surface area contributed by atoms with Crippen LogP contribution in [0.1, 0.15) is 74.2 Å². The molecule has 1 heterocycles. The number of likely N-dealkylation sites (N-methyl/N-ethyl adjacent to an activating group) is 1. The second-order valence-electron chi connectivity index (χ2n) is 15.2. The van der Waals surface area contributed by atoms with Gasteiger partial charge in [0.15, 0.2) is 0 Å². The average molecular weight is 715 g/mol. The highest BCUT2D eigenvalue weighted by molar-refractivity contribution is 5.94. The van der Waals surface area contributed by atoms with Crippen LogP contribution in [0, 0.1) is 5.41 Å². The van der Waals surface area contributed by atoms with Crippen molar-refractivity contribution in [2.45, 2.75) is 85.3 Å². The van der Waals surface area contributed by atoms with Crippen molar-refractivity contribution in [2.75, 3.05) is 20.7 Å². The van der Waals surface area contributed by atoms with E-state index in [4.69, 9.17) is 9.47 Å². The number of carbonyl (C=O) groups is 5. The van der Waals surface area contributed by atoms with Crippen LogP contribution in [0.2, 0.25) is 0 Å². The summed E-state index contributed by atoms with van der Waals surface area (Å²) in [6.45, 7) is 10.8. The number of benzene rings is 3. The van der Waals surface area contributed by atoms with Crippen molar-refractivity contribution in [1.82, 2.24) is 20.0 Å².